The molecule has 1 fully saturated rings. The lowest BCUT2D eigenvalue weighted by Gasteiger charge is -2.20. The van der Waals surface area contributed by atoms with E-state index in [0.717, 1.165) is 40.0 Å². The topological polar surface area (TPSA) is 46.3 Å². The summed E-state index contributed by atoms with van der Waals surface area (Å²) in [5.41, 5.74) is 6.51. The number of anilines is 1. The molecule has 1 aliphatic rings. The van der Waals surface area contributed by atoms with Gasteiger partial charge in [0.05, 0.1) is 4.88 Å². The van der Waals surface area contributed by atoms with E-state index in [2.05, 4.69) is 6.92 Å². The van der Waals surface area contributed by atoms with Crippen molar-refractivity contribution in [2.24, 2.45) is 0 Å². The largest absolute Gasteiger partial charge is 0.399 e. The summed E-state index contributed by atoms with van der Waals surface area (Å²) in [7, 11) is 0. The number of thiophene rings is 1. The SMILES string of the molecule is CC1CCCN1C(=O)c1cc2cc(N)ccc2s1. The molecule has 1 amide bonds. The predicted molar refractivity (Wildman–Crippen MR) is 76.0 cm³/mol. The first-order valence-electron chi connectivity index (χ1n) is 6.25. The van der Waals surface area contributed by atoms with Crippen LogP contribution in [0.25, 0.3) is 10.1 Å². The molecule has 1 unspecified atom stereocenters. The fourth-order valence-electron chi connectivity index (χ4n) is 2.54. The van der Waals surface area contributed by atoms with E-state index in [4.69, 9.17) is 5.73 Å². The number of likely N-dealkylation sites (tertiary alicyclic amines) is 1. The number of amides is 1. The Morgan fingerprint density at radius 1 is 1.44 bits per heavy atom. The van der Waals surface area contributed by atoms with Gasteiger partial charge >= 0.3 is 0 Å². The van der Waals surface area contributed by atoms with Crippen molar-refractivity contribution >= 4 is 33.0 Å². The number of hydrogen-bond donors (Lipinski definition) is 1. The van der Waals surface area contributed by atoms with Gasteiger partial charge in [-0.25, -0.2) is 0 Å². The van der Waals surface area contributed by atoms with Gasteiger partial charge in [-0.1, -0.05) is 0 Å². The van der Waals surface area contributed by atoms with Crippen molar-refractivity contribution in [3.8, 4) is 0 Å². The maximum atomic E-state index is 12.4. The molecule has 94 valence electrons. The van der Waals surface area contributed by atoms with Gasteiger partial charge in [0, 0.05) is 23.0 Å². The van der Waals surface area contributed by atoms with Crippen LogP contribution in [0.2, 0.25) is 0 Å². The molecule has 0 aliphatic carbocycles. The Hall–Kier alpha value is -1.55. The van der Waals surface area contributed by atoms with Gasteiger partial charge in [-0.05, 0) is 49.4 Å². The number of hydrogen-bond acceptors (Lipinski definition) is 3. The van der Waals surface area contributed by atoms with Crippen LogP contribution in [0.5, 0.6) is 0 Å². The van der Waals surface area contributed by atoms with Crippen molar-refractivity contribution in [2.75, 3.05) is 12.3 Å². The first-order valence-corrected chi connectivity index (χ1v) is 7.07. The zero-order valence-corrected chi connectivity index (χ0v) is 11.2. The Balaban J connectivity index is 1.96. The Bertz CT molecular complexity index is 605. The molecule has 2 N–H and O–H groups in total. The maximum absolute atomic E-state index is 12.4. The van der Waals surface area contributed by atoms with E-state index in [1.165, 1.54) is 0 Å². The average Bonchev–Trinajstić information content (AvgIpc) is 2.93. The van der Waals surface area contributed by atoms with E-state index in [0.29, 0.717) is 6.04 Å². The number of nitrogens with two attached hydrogens (primary N) is 1. The van der Waals surface area contributed by atoms with E-state index >= 15 is 0 Å². The second kappa shape index (κ2) is 4.28. The van der Waals surface area contributed by atoms with Gasteiger partial charge in [-0.2, -0.15) is 0 Å². The zero-order valence-electron chi connectivity index (χ0n) is 10.3. The van der Waals surface area contributed by atoms with Crippen LogP contribution in [0.15, 0.2) is 24.3 Å². The first-order chi connectivity index (χ1) is 8.65. The number of nitrogens with zero attached hydrogens (tertiary/aromatic N) is 1. The van der Waals surface area contributed by atoms with E-state index in [1.807, 2.05) is 29.2 Å². The lowest BCUT2D eigenvalue weighted by molar-refractivity contribution is 0.0752. The molecule has 0 radical (unpaired) electrons. The van der Waals surface area contributed by atoms with Crippen LogP contribution in [0.3, 0.4) is 0 Å². The van der Waals surface area contributed by atoms with Crippen molar-refractivity contribution in [1.29, 1.82) is 0 Å². The first kappa shape index (κ1) is 11.5. The minimum absolute atomic E-state index is 0.166. The van der Waals surface area contributed by atoms with Gasteiger partial charge in [0.25, 0.3) is 5.91 Å². The highest BCUT2D eigenvalue weighted by molar-refractivity contribution is 7.20. The second-order valence-electron chi connectivity index (χ2n) is 4.90. The summed E-state index contributed by atoms with van der Waals surface area (Å²) in [6.07, 6.45) is 2.23. The number of rotatable bonds is 1. The van der Waals surface area contributed by atoms with Gasteiger partial charge in [0.1, 0.15) is 0 Å². The number of fused-ring (bicyclic) bond motifs is 1. The number of benzene rings is 1. The fraction of sp³-hybridized carbons (Fsp3) is 0.357. The Labute approximate surface area is 110 Å². The van der Waals surface area contributed by atoms with E-state index in [-0.39, 0.29) is 5.91 Å². The van der Waals surface area contributed by atoms with Crippen LogP contribution in [-0.2, 0) is 0 Å². The molecular weight excluding hydrogens is 244 g/mol. The van der Waals surface area contributed by atoms with Crippen molar-refractivity contribution in [3.63, 3.8) is 0 Å². The number of carbonyl (C=O) groups is 1. The lowest BCUT2D eigenvalue weighted by atomic mass is 10.2. The summed E-state index contributed by atoms with van der Waals surface area (Å²) in [4.78, 5) is 15.2. The third kappa shape index (κ3) is 1.86. The van der Waals surface area contributed by atoms with Gasteiger partial charge in [0.15, 0.2) is 0 Å². The molecule has 18 heavy (non-hydrogen) atoms. The van der Waals surface area contributed by atoms with Crippen LogP contribution in [0.1, 0.15) is 29.4 Å². The zero-order chi connectivity index (χ0) is 12.7. The molecule has 1 atom stereocenters. The maximum Gasteiger partial charge on any atom is 0.264 e. The summed E-state index contributed by atoms with van der Waals surface area (Å²) < 4.78 is 1.12. The van der Waals surface area contributed by atoms with Crippen molar-refractivity contribution in [1.82, 2.24) is 4.90 Å². The molecule has 3 nitrogen and oxygen atoms in total. The Morgan fingerprint density at radius 3 is 3.00 bits per heavy atom. The molecule has 0 saturated carbocycles. The molecule has 4 heteroatoms. The van der Waals surface area contributed by atoms with Crippen molar-refractivity contribution < 1.29 is 4.79 Å². The van der Waals surface area contributed by atoms with E-state index in [1.54, 1.807) is 11.3 Å². The second-order valence-corrected chi connectivity index (χ2v) is 5.98. The minimum atomic E-state index is 0.166. The number of nitrogen functional groups attached to an aromatic ring is 1. The van der Waals surface area contributed by atoms with E-state index < -0.39 is 0 Å². The Kier molecular flexibility index (Phi) is 2.74. The molecule has 2 heterocycles. The van der Waals surface area contributed by atoms with Crippen LogP contribution in [0, 0.1) is 0 Å². The van der Waals surface area contributed by atoms with Crippen LogP contribution < -0.4 is 5.73 Å². The normalized spacial score (nSPS) is 19.6. The summed E-state index contributed by atoms with van der Waals surface area (Å²) in [5, 5.41) is 1.07. The fourth-order valence-corrected chi connectivity index (χ4v) is 3.54. The van der Waals surface area contributed by atoms with Crippen molar-refractivity contribution in [2.45, 2.75) is 25.8 Å². The summed E-state index contributed by atoms with van der Waals surface area (Å²) in [6, 6.07) is 8.12. The molecule has 3 rings (SSSR count). The summed E-state index contributed by atoms with van der Waals surface area (Å²) in [5.74, 6) is 0.166. The highest BCUT2D eigenvalue weighted by Crippen LogP contribution is 2.30. The Morgan fingerprint density at radius 2 is 2.28 bits per heavy atom. The molecule has 1 aliphatic heterocycles. The quantitative estimate of drug-likeness (QED) is 0.801. The van der Waals surface area contributed by atoms with Crippen LogP contribution >= 0.6 is 11.3 Å². The molecule has 1 saturated heterocycles. The smallest absolute Gasteiger partial charge is 0.264 e. The molecule has 0 spiro atoms. The standard InChI is InChI=1S/C14H16N2OS/c1-9-3-2-6-16(9)14(17)13-8-10-7-11(15)4-5-12(10)18-13/h4-5,7-9H,2-3,6,15H2,1H3. The van der Waals surface area contributed by atoms with Crippen LogP contribution in [0.4, 0.5) is 5.69 Å². The van der Waals surface area contributed by atoms with E-state index in [9.17, 15) is 4.79 Å². The van der Waals surface area contributed by atoms with Gasteiger partial charge in [-0.3, -0.25) is 4.79 Å². The molecule has 0 bridgehead atoms. The van der Waals surface area contributed by atoms with Gasteiger partial charge in [0.2, 0.25) is 0 Å². The predicted octanol–water partition coefficient (Wildman–Crippen LogP) is 3.11. The monoisotopic (exact) mass is 260 g/mol. The number of carbonyl (C=O) groups excluding carboxylic acids is 1. The van der Waals surface area contributed by atoms with Crippen molar-refractivity contribution in [3.05, 3.63) is 29.1 Å². The summed E-state index contributed by atoms with van der Waals surface area (Å²) >= 11 is 1.56. The third-order valence-corrected chi connectivity index (χ3v) is 4.67. The molecule has 1 aromatic heterocycles. The van der Waals surface area contributed by atoms with Crippen LogP contribution in [-0.4, -0.2) is 23.4 Å². The molecule has 1 aromatic carbocycles. The van der Waals surface area contributed by atoms with Gasteiger partial charge < -0.3 is 10.6 Å². The minimum Gasteiger partial charge on any atom is -0.399 e. The molecule has 2 aromatic rings. The highest BCUT2D eigenvalue weighted by Gasteiger charge is 2.26. The summed E-state index contributed by atoms with van der Waals surface area (Å²) in [6.45, 7) is 3.01. The third-order valence-electron chi connectivity index (χ3n) is 3.56. The lowest BCUT2D eigenvalue weighted by Crippen LogP contribution is -2.32. The molecular formula is C14H16N2OS. The average molecular weight is 260 g/mol. The highest BCUT2D eigenvalue weighted by atomic mass is 32.1. The van der Waals surface area contributed by atoms with Gasteiger partial charge in [-0.15, -0.1) is 11.3 Å².